The van der Waals surface area contributed by atoms with Crippen molar-refractivity contribution in [3.63, 3.8) is 0 Å². The zero-order valence-electron chi connectivity index (χ0n) is 12.4. The van der Waals surface area contributed by atoms with Crippen molar-refractivity contribution in [1.82, 2.24) is 19.4 Å². The van der Waals surface area contributed by atoms with E-state index in [-0.39, 0.29) is 11.9 Å². The number of thiazole rings is 1. The topological polar surface area (TPSA) is 60.2 Å². The number of imidazole rings is 1. The molecule has 0 fully saturated rings. The van der Waals surface area contributed by atoms with Crippen LogP contribution in [-0.2, 0) is 17.9 Å². The van der Waals surface area contributed by atoms with Gasteiger partial charge in [-0.25, -0.2) is 9.97 Å². The highest BCUT2D eigenvalue weighted by Crippen LogP contribution is 2.27. The summed E-state index contributed by atoms with van der Waals surface area (Å²) < 4.78 is 7.33. The molecule has 0 saturated heterocycles. The minimum atomic E-state index is -0.0566. The maximum atomic E-state index is 12.6. The van der Waals surface area contributed by atoms with Crippen LogP contribution in [0.15, 0.2) is 11.6 Å². The fourth-order valence-electron chi connectivity index (χ4n) is 2.71. The Hall–Kier alpha value is -1.73. The lowest BCUT2D eigenvalue weighted by Crippen LogP contribution is -2.41. The average molecular weight is 306 g/mol. The summed E-state index contributed by atoms with van der Waals surface area (Å²) in [6.07, 6.45) is 1.83. The Bertz CT molecular complexity index is 664. The Balaban J connectivity index is 1.85. The molecule has 3 rings (SSSR count). The van der Waals surface area contributed by atoms with Gasteiger partial charge in [-0.3, -0.25) is 4.79 Å². The van der Waals surface area contributed by atoms with Crippen LogP contribution in [0, 0.1) is 6.92 Å². The maximum absolute atomic E-state index is 12.6. The molecule has 1 aliphatic rings. The molecule has 2 aromatic heterocycles. The van der Waals surface area contributed by atoms with E-state index in [1.54, 1.807) is 7.11 Å². The number of aromatic nitrogens is 3. The van der Waals surface area contributed by atoms with Crippen molar-refractivity contribution in [2.24, 2.45) is 0 Å². The molecular weight excluding hydrogens is 288 g/mol. The van der Waals surface area contributed by atoms with Crippen molar-refractivity contribution in [2.45, 2.75) is 33.0 Å². The first-order valence-corrected chi connectivity index (χ1v) is 7.76. The molecule has 6 nitrogen and oxygen atoms in total. The van der Waals surface area contributed by atoms with Gasteiger partial charge >= 0.3 is 0 Å². The van der Waals surface area contributed by atoms with Crippen LogP contribution in [0.4, 0.5) is 0 Å². The molecule has 0 aliphatic carbocycles. The number of ether oxygens (including phenoxy) is 1. The smallest absolute Gasteiger partial charge is 0.274 e. The molecule has 0 N–H and O–H groups in total. The molecule has 112 valence electrons. The zero-order valence-corrected chi connectivity index (χ0v) is 13.2. The number of fused-ring (bicyclic) bond motifs is 1. The molecule has 1 unspecified atom stereocenters. The summed E-state index contributed by atoms with van der Waals surface area (Å²) in [5.74, 6) is 0.892. The summed E-state index contributed by atoms with van der Waals surface area (Å²) >= 11 is 1.50. The van der Waals surface area contributed by atoms with Crippen molar-refractivity contribution in [3.05, 3.63) is 33.8 Å². The van der Waals surface area contributed by atoms with Gasteiger partial charge in [0.2, 0.25) is 0 Å². The second kappa shape index (κ2) is 5.57. The number of carbonyl (C=O) groups is 1. The number of methoxy groups -OCH3 is 1. The third kappa shape index (κ3) is 2.47. The molecule has 21 heavy (non-hydrogen) atoms. The second-order valence-electron chi connectivity index (χ2n) is 5.12. The molecule has 0 aromatic carbocycles. The van der Waals surface area contributed by atoms with Crippen molar-refractivity contribution >= 4 is 17.2 Å². The first-order valence-electron chi connectivity index (χ1n) is 6.88. The van der Waals surface area contributed by atoms with Crippen LogP contribution in [-0.4, -0.2) is 39.0 Å². The van der Waals surface area contributed by atoms with Gasteiger partial charge in [-0.1, -0.05) is 0 Å². The molecule has 1 amide bonds. The predicted octanol–water partition coefficient (Wildman–Crippen LogP) is 2.01. The normalized spacial score (nSPS) is 17.9. The van der Waals surface area contributed by atoms with Gasteiger partial charge in [0.1, 0.15) is 11.5 Å². The molecule has 1 atom stereocenters. The van der Waals surface area contributed by atoms with Crippen LogP contribution in [0.3, 0.4) is 0 Å². The predicted molar refractivity (Wildman–Crippen MR) is 79.2 cm³/mol. The lowest BCUT2D eigenvalue weighted by molar-refractivity contribution is 0.0627. The van der Waals surface area contributed by atoms with E-state index in [2.05, 4.69) is 14.5 Å². The van der Waals surface area contributed by atoms with E-state index in [9.17, 15) is 4.79 Å². The zero-order chi connectivity index (χ0) is 15.0. The van der Waals surface area contributed by atoms with Gasteiger partial charge < -0.3 is 14.2 Å². The van der Waals surface area contributed by atoms with Gasteiger partial charge in [0.05, 0.1) is 29.5 Å². The number of carbonyl (C=O) groups excluding carboxylic acids is 1. The number of amides is 1. The summed E-state index contributed by atoms with van der Waals surface area (Å²) in [5, 5.41) is 2.73. The third-order valence-electron chi connectivity index (χ3n) is 3.77. The van der Waals surface area contributed by atoms with Crippen LogP contribution >= 0.6 is 11.3 Å². The summed E-state index contributed by atoms with van der Waals surface area (Å²) in [4.78, 5) is 23.2. The summed E-state index contributed by atoms with van der Waals surface area (Å²) in [5.41, 5.74) is 1.58. The first kappa shape index (κ1) is 14.2. The highest BCUT2D eigenvalue weighted by molar-refractivity contribution is 7.09. The highest BCUT2D eigenvalue weighted by atomic mass is 32.1. The Morgan fingerprint density at radius 1 is 1.52 bits per heavy atom. The molecule has 1 aliphatic heterocycles. The van der Waals surface area contributed by atoms with Crippen LogP contribution in [0.1, 0.15) is 40.0 Å². The van der Waals surface area contributed by atoms with Gasteiger partial charge in [0, 0.05) is 25.6 Å². The molecule has 7 heteroatoms. The molecule has 0 saturated carbocycles. The Morgan fingerprint density at radius 2 is 2.33 bits per heavy atom. The third-order valence-corrected chi connectivity index (χ3v) is 4.54. The van der Waals surface area contributed by atoms with E-state index < -0.39 is 0 Å². The van der Waals surface area contributed by atoms with Crippen molar-refractivity contribution in [1.29, 1.82) is 0 Å². The molecule has 0 radical (unpaired) electrons. The minimum Gasteiger partial charge on any atom is -0.378 e. The number of hydrogen-bond acceptors (Lipinski definition) is 5. The lowest BCUT2D eigenvalue weighted by atomic mass is 10.2. The van der Waals surface area contributed by atoms with E-state index in [1.165, 1.54) is 11.3 Å². The number of aryl methyl sites for hydroxylation is 1. The van der Waals surface area contributed by atoms with Gasteiger partial charge in [-0.2, -0.15) is 0 Å². The van der Waals surface area contributed by atoms with Crippen LogP contribution in [0.5, 0.6) is 0 Å². The lowest BCUT2D eigenvalue weighted by Gasteiger charge is -2.34. The second-order valence-corrected chi connectivity index (χ2v) is 6.18. The van der Waals surface area contributed by atoms with Crippen LogP contribution in [0.25, 0.3) is 0 Å². The first-order chi connectivity index (χ1) is 10.1. The Kier molecular flexibility index (Phi) is 3.77. The largest absolute Gasteiger partial charge is 0.378 e. The average Bonchev–Trinajstić information content (AvgIpc) is 3.07. The highest BCUT2D eigenvalue weighted by Gasteiger charge is 2.31. The molecule has 0 bridgehead atoms. The van der Waals surface area contributed by atoms with Crippen LogP contribution < -0.4 is 0 Å². The molecular formula is C14H18N4O2S. The quantitative estimate of drug-likeness (QED) is 0.870. The van der Waals surface area contributed by atoms with Gasteiger partial charge in [-0.15, -0.1) is 11.3 Å². The Morgan fingerprint density at radius 3 is 3.00 bits per heavy atom. The fourth-order valence-corrected chi connectivity index (χ4v) is 3.30. The molecule has 2 aromatic rings. The molecule has 0 spiro atoms. The van der Waals surface area contributed by atoms with E-state index >= 15 is 0 Å². The van der Waals surface area contributed by atoms with E-state index in [0.717, 1.165) is 23.1 Å². The monoisotopic (exact) mass is 306 g/mol. The minimum absolute atomic E-state index is 0.0191. The van der Waals surface area contributed by atoms with Gasteiger partial charge in [-0.05, 0) is 13.8 Å². The van der Waals surface area contributed by atoms with Crippen molar-refractivity contribution in [2.75, 3.05) is 13.7 Å². The van der Waals surface area contributed by atoms with Gasteiger partial charge in [0.15, 0.2) is 0 Å². The van der Waals surface area contributed by atoms with E-state index in [0.29, 0.717) is 18.8 Å². The van der Waals surface area contributed by atoms with Gasteiger partial charge in [0.25, 0.3) is 5.91 Å². The summed E-state index contributed by atoms with van der Waals surface area (Å²) in [6.45, 7) is 5.86. The van der Waals surface area contributed by atoms with Crippen molar-refractivity contribution in [3.8, 4) is 0 Å². The maximum Gasteiger partial charge on any atom is 0.274 e. The Labute approximate surface area is 127 Å². The van der Waals surface area contributed by atoms with Crippen molar-refractivity contribution < 1.29 is 9.53 Å². The SMILES string of the molecule is COCc1cnc2n1CCN(C(=O)c1csc(C)n1)C2C. The fraction of sp³-hybridized carbons (Fsp3) is 0.500. The number of rotatable bonds is 3. The molecule has 3 heterocycles. The van der Waals surface area contributed by atoms with Crippen LogP contribution in [0.2, 0.25) is 0 Å². The number of hydrogen-bond donors (Lipinski definition) is 0. The summed E-state index contributed by atoms with van der Waals surface area (Å²) in [6, 6.07) is -0.0566. The van der Waals surface area contributed by atoms with E-state index in [4.69, 9.17) is 4.74 Å². The number of nitrogens with zero attached hydrogens (tertiary/aromatic N) is 4. The summed E-state index contributed by atoms with van der Waals surface area (Å²) in [7, 11) is 1.67. The standard InChI is InChI=1S/C14H18N4O2S/c1-9-13-15-6-11(7-20-3)18(13)5-4-17(9)14(19)12-8-21-10(2)16-12/h6,8-9H,4-5,7H2,1-3H3. The van der Waals surface area contributed by atoms with E-state index in [1.807, 2.05) is 30.3 Å².